The smallest absolute Gasteiger partial charge is 0.263 e. The molecule has 0 radical (unpaired) electrons. The molecule has 0 saturated heterocycles. The fourth-order valence-electron chi connectivity index (χ4n) is 3.63. The minimum Gasteiger partial charge on any atom is -0.355 e. The lowest BCUT2D eigenvalue weighted by molar-refractivity contribution is -0.858. The molecule has 1 aliphatic rings. The standard InChI is InChI=1S/C20H30N4O2S2/c1-5-21-17(25)13(2)27-20-22-18-16(14-9-6-7-10-15(14)28-18)19(26)24(20)12-8-11-23(3)4/h13H,5-12H2,1-4H3,(H,21,25)/p+1/t13-/m0/s1. The third-order valence-electron chi connectivity index (χ3n) is 5.10. The summed E-state index contributed by atoms with van der Waals surface area (Å²) in [4.78, 5) is 34.1. The van der Waals surface area contributed by atoms with Crippen LogP contribution in [0, 0.1) is 0 Å². The highest BCUT2D eigenvalue weighted by Gasteiger charge is 2.24. The summed E-state index contributed by atoms with van der Waals surface area (Å²) in [5.41, 5.74) is 1.30. The summed E-state index contributed by atoms with van der Waals surface area (Å²) in [7, 11) is 4.23. The molecule has 0 spiro atoms. The van der Waals surface area contributed by atoms with Crippen molar-refractivity contribution in [3.05, 3.63) is 20.8 Å². The summed E-state index contributed by atoms with van der Waals surface area (Å²) >= 11 is 3.06. The zero-order valence-electron chi connectivity index (χ0n) is 17.3. The number of thioether (sulfide) groups is 1. The average molecular weight is 424 g/mol. The van der Waals surface area contributed by atoms with Crippen molar-refractivity contribution in [3.8, 4) is 0 Å². The molecule has 8 heteroatoms. The minimum atomic E-state index is -0.287. The van der Waals surface area contributed by atoms with Gasteiger partial charge < -0.3 is 10.2 Å². The van der Waals surface area contributed by atoms with Crippen molar-refractivity contribution in [2.24, 2.45) is 0 Å². The normalized spacial score (nSPS) is 15.0. The molecule has 0 fully saturated rings. The molecule has 1 atom stereocenters. The largest absolute Gasteiger partial charge is 0.355 e. The third kappa shape index (κ3) is 4.60. The predicted octanol–water partition coefficient (Wildman–Crippen LogP) is 1.49. The topological polar surface area (TPSA) is 68.4 Å². The molecule has 28 heavy (non-hydrogen) atoms. The second-order valence-electron chi connectivity index (χ2n) is 7.71. The monoisotopic (exact) mass is 423 g/mol. The molecule has 2 aromatic rings. The maximum atomic E-state index is 13.4. The van der Waals surface area contributed by atoms with Crippen LogP contribution >= 0.6 is 23.1 Å². The van der Waals surface area contributed by atoms with Gasteiger partial charge in [0, 0.05) is 24.4 Å². The zero-order valence-corrected chi connectivity index (χ0v) is 18.9. The number of nitrogens with zero attached hydrogens (tertiary/aromatic N) is 2. The number of carbonyl (C=O) groups is 1. The van der Waals surface area contributed by atoms with E-state index in [9.17, 15) is 9.59 Å². The van der Waals surface area contributed by atoms with Crippen molar-refractivity contribution in [2.45, 2.75) is 62.9 Å². The van der Waals surface area contributed by atoms with Crippen molar-refractivity contribution in [2.75, 3.05) is 27.2 Å². The SMILES string of the molecule is CCNC(=O)[C@H](C)Sc1nc2sc3c(c2c(=O)n1CCC[NH+](C)C)CCCC3. The minimum absolute atomic E-state index is 0.0170. The molecule has 2 aromatic heterocycles. The van der Waals surface area contributed by atoms with Crippen LogP contribution in [0.5, 0.6) is 0 Å². The van der Waals surface area contributed by atoms with E-state index >= 15 is 0 Å². The summed E-state index contributed by atoms with van der Waals surface area (Å²) in [6.07, 6.45) is 5.28. The zero-order chi connectivity index (χ0) is 20.3. The van der Waals surface area contributed by atoms with Crippen LogP contribution in [0.4, 0.5) is 0 Å². The molecule has 0 aliphatic heterocycles. The summed E-state index contributed by atoms with van der Waals surface area (Å²) in [5, 5.41) is 4.07. The van der Waals surface area contributed by atoms with Gasteiger partial charge in [-0.25, -0.2) is 4.98 Å². The van der Waals surface area contributed by atoms with E-state index in [0.717, 1.165) is 42.4 Å². The second-order valence-corrected chi connectivity index (χ2v) is 10.1. The Balaban J connectivity index is 2.01. The Morgan fingerprint density at radius 2 is 2.11 bits per heavy atom. The van der Waals surface area contributed by atoms with Gasteiger partial charge in [0.25, 0.3) is 5.56 Å². The van der Waals surface area contributed by atoms with Crippen LogP contribution in [-0.4, -0.2) is 47.9 Å². The molecule has 1 amide bonds. The van der Waals surface area contributed by atoms with Gasteiger partial charge in [0.05, 0.1) is 31.3 Å². The van der Waals surface area contributed by atoms with Crippen LogP contribution in [0.25, 0.3) is 10.2 Å². The lowest BCUT2D eigenvalue weighted by Gasteiger charge is -2.16. The predicted molar refractivity (Wildman–Crippen MR) is 117 cm³/mol. The number of quaternary nitrogens is 1. The molecule has 154 valence electrons. The van der Waals surface area contributed by atoms with Crippen LogP contribution < -0.4 is 15.8 Å². The Bertz CT molecular complexity index is 904. The first-order chi connectivity index (χ1) is 13.4. The van der Waals surface area contributed by atoms with Gasteiger partial charge in [-0.3, -0.25) is 14.2 Å². The van der Waals surface area contributed by atoms with E-state index in [4.69, 9.17) is 4.98 Å². The van der Waals surface area contributed by atoms with E-state index in [1.165, 1.54) is 33.5 Å². The van der Waals surface area contributed by atoms with E-state index in [1.807, 2.05) is 18.4 Å². The Hall–Kier alpha value is -1.38. The summed E-state index contributed by atoms with van der Waals surface area (Å²) < 4.78 is 1.81. The summed E-state index contributed by atoms with van der Waals surface area (Å²) in [6, 6.07) is 0. The van der Waals surface area contributed by atoms with Crippen LogP contribution in [-0.2, 0) is 24.2 Å². The van der Waals surface area contributed by atoms with Crippen molar-refractivity contribution < 1.29 is 9.69 Å². The van der Waals surface area contributed by atoms with Gasteiger partial charge in [0.1, 0.15) is 4.83 Å². The first-order valence-electron chi connectivity index (χ1n) is 10.2. The molecule has 1 aliphatic carbocycles. The highest BCUT2D eigenvalue weighted by Crippen LogP contribution is 2.35. The van der Waals surface area contributed by atoms with Gasteiger partial charge in [-0.15, -0.1) is 11.3 Å². The van der Waals surface area contributed by atoms with E-state index in [2.05, 4.69) is 19.4 Å². The molecule has 0 unspecified atom stereocenters. The Kier molecular flexibility index (Phi) is 7.17. The number of rotatable bonds is 8. The number of amides is 1. The van der Waals surface area contributed by atoms with Crippen molar-refractivity contribution in [1.29, 1.82) is 0 Å². The van der Waals surface area contributed by atoms with Gasteiger partial charge in [-0.1, -0.05) is 11.8 Å². The lowest BCUT2D eigenvalue weighted by atomic mass is 9.97. The molecular formula is C20H31N4O2S2+. The van der Waals surface area contributed by atoms with E-state index in [1.54, 1.807) is 11.3 Å². The molecule has 0 saturated carbocycles. The Morgan fingerprint density at radius 1 is 1.36 bits per heavy atom. The number of aromatic nitrogens is 2. The van der Waals surface area contributed by atoms with Crippen molar-refractivity contribution in [3.63, 3.8) is 0 Å². The fourth-order valence-corrected chi connectivity index (χ4v) is 5.89. The maximum Gasteiger partial charge on any atom is 0.263 e. The maximum absolute atomic E-state index is 13.4. The molecule has 2 heterocycles. The van der Waals surface area contributed by atoms with E-state index in [0.29, 0.717) is 18.2 Å². The lowest BCUT2D eigenvalue weighted by Crippen LogP contribution is -3.05. The van der Waals surface area contributed by atoms with Crippen molar-refractivity contribution >= 4 is 39.2 Å². The van der Waals surface area contributed by atoms with Gasteiger partial charge in [-0.05, 0) is 45.1 Å². The van der Waals surface area contributed by atoms with Gasteiger partial charge in [-0.2, -0.15) is 0 Å². The summed E-state index contributed by atoms with van der Waals surface area (Å²) in [5.74, 6) is -0.0170. The van der Waals surface area contributed by atoms with Crippen LogP contribution in [0.2, 0.25) is 0 Å². The number of fused-ring (bicyclic) bond motifs is 3. The van der Waals surface area contributed by atoms with Gasteiger partial charge in [0.15, 0.2) is 5.16 Å². The first kappa shape index (κ1) is 21.3. The quantitative estimate of drug-likeness (QED) is 0.499. The molecule has 2 N–H and O–H groups in total. The van der Waals surface area contributed by atoms with Gasteiger partial charge >= 0.3 is 0 Å². The number of hydrogen-bond acceptors (Lipinski definition) is 5. The number of carbonyl (C=O) groups excluding carboxylic acids is 1. The second kappa shape index (κ2) is 9.41. The third-order valence-corrected chi connectivity index (χ3v) is 7.38. The molecule has 0 bridgehead atoms. The molecule has 0 aromatic carbocycles. The fraction of sp³-hybridized carbons (Fsp3) is 0.650. The number of hydrogen-bond donors (Lipinski definition) is 2. The highest BCUT2D eigenvalue weighted by molar-refractivity contribution is 8.00. The Morgan fingerprint density at radius 3 is 2.82 bits per heavy atom. The van der Waals surface area contributed by atoms with E-state index in [-0.39, 0.29) is 16.7 Å². The van der Waals surface area contributed by atoms with Crippen molar-refractivity contribution in [1.82, 2.24) is 14.9 Å². The van der Waals surface area contributed by atoms with Crippen LogP contribution in [0.1, 0.15) is 43.6 Å². The highest BCUT2D eigenvalue weighted by atomic mass is 32.2. The first-order valence-corrected chi connectivity index (χ1v) is 11.9. The number of thiophene rings is 1. The van der Waals surface area contributed by atoms with Gasteiger partial charge in [0.2, 0.25) is 5.91 Å². The average Bonchev–Trinajstić information content (AvgIpc) is 3.02. The molecule has 6 nitrogen and oxygen atoms in total. The van der Waals surface area contributed by atoms with E-state index < -0.39 is 0 Å². The molecule has 3 rings (SSSR count). The summed E-state index contributed by atoms with van der Waals surface area (Å²) in [6.45, 7) is 6.02. The van der Waals surface area contributed by atoms with Crippen LogP contribution in [0.3, 0.4) is 0 Å². The Labute approximate surface area is 174 Å². The number of nitrogens with one attached hydrogen (secondary N) is 2. The number of aryl methyl sites for hydroxylation is 2. The van der Waals surface area contributed by atoms with Crippen LogP contribution in [0.15, 0.2) is 9.95 Å². The molecular weight excluding hydrogens is 392 g/mol.